The van der Waals surface area contributed by atoms with E-state index < -0.39 is 6.10 Å². The Balaban J connectivity index is 0.00000200. The summed E-state index contributed by atoms with van der Waals surface area (Å²) in [5.41, 5.74) is 0.701. The maximum Gasteiger partial charge on any atom is 0.149 e. The lowest BCUT2D eigenvalue weighted by molar-refractivity contribution is 0.159. The van der Waals surface area contributed by atoms with Crippen LogP contribution in [0.2, 0.25) is 0 Å². The van der Waals surface area contributed by atoms with Crippen molar-refractivity contribution in [2.75, 3.05) is 6.54 Å². The number of aliphatic hydroxyl groups excluding tert-OH is 1. The molecule has 0 unspecified atom stereocenters. The summed E-state index contributed by atoms with van der Waals surface area (Å²) in [7, 11) is 0. The Hall–Kier alpha value is -1.17. The molecule has 2 aromatic rings. The molecule has 0 fully saturated rings. The van der Waals surface area contributed by atoms with Crippen LogP contribution >= 0.6 is 13.5 Å². The van der Waals surface area contributed by atoms with Crippen molar-refractivity contribution in [3.05, 3.63) is 41.8 Å². The van der Waals surface area contributed by atoms with Gasteiger partial charge in [0.05, 0.1) is 5.69 Å². The fourth-order valence-corrected chi connectivity index (χ4v) is 1.82. The SMILES string of the molecule is CC(C)(C)NC[C@H](O)c1ccc2cccc(F)c2n1.S. The van der Waals surface area contributed by atoms with Gasteiger partial charge >= 0.3 is 0 Å². The maximum atomic E-state index is 13.6. The van der Waals surface area contributed by atoms with Gasteiger partial charge in [-0.25, -0.2) is 9.37 Å². The normalized spacial score (nSPS) is 13.1. The van der Waals surface area contributed by atoms with E-state index in [0.717, 1.165) is 5.39 Å². The van der Waals surface area contributed by atoms with E-state index in [1.165, 1.54) is 6.07 Å². The van der Waals surface area contributed by atoms with Crippen molar-refractivity contribution in [2.45, 2.75) is 32.4 Å². The van der Waals surface area contributed by atoms with Gasteiger partial charge in [-0.3, -0.25) is 0 Å². The van der Waals surface area contributed by atoms with Crippen molar-refractivity contribution < 1.29 is 9.50 Å². The second kappa shape index (κ2) is 6.52. The lowest BCUT2D eigenvalue weighted by atomic mass is 10.1. The van der Waals surface area contributed by atoms with Crippen LogP contribution < -0.4 is 5.32 Å². The Morgan fingerprint density at radius 3 is 2.60 bits per heavy atom. The first-order valence-electron chi connectivity index (χ1n) is 6.35. The molecule has 1 aromatic carbocycles. The molecule has 0 amide bonds. The topological polar surface area (TPSA) is 45.1 Å². The molecule has 5 heteroatoms. The van der Waals surface area contributed by atoms with E-state index in [4.69, 9.17) is 0 Å². The third kappa shape index (κ3) is 4.16. The monoisotopic (exact) mass is 296 g/mol. The summed E-state index contributed by atoms with van der Waals surface area (Å²) in [5.74, 6) is -0.365. The van der Waals surface area contributed by atoms with Crippen molar-refractivity contribution in [3.8, 4) is 0 Å². The van der Waals surface area contributed by atoms with Gasteiger partial charge in [-0.1, -0.05) is 18.2 Å². The molecule has 0 spiro atoms. The number of halogens is 1. The number of aromatic nitrogens is 1. The smallest absolute Gasteiger partial charge is 0.149 e. The molecule has 1 heterocycles. The summed E-state index contributed by atoms with van der Waals surface area (Å²) in [4.78, 5) is 4.21. The summed E-state index contributed by atoms with van der Waals surface area (Å²) >= 11 is 0. The third-order valence-electron chi connectivity index (χ3n) is 2.86. The molecule has 1 atom stereocenters. The average molecular weight is 296 g/mol. The zero-order valence-electron chi connectivity index (χ0n) is 11.9. The first-order chi connectivity index (χ1) is 8.87. The summed E-state index contributed by atoms with van der Waals surface area (Å²) in [6.07, 6.45) is -0.747. The highest BCUT2D eigenvalue weighted by Crippen LogP contribution is 2.19. The molecule has 0 bridgehead atoms. The van der Waals surface area contributed by atoms with Gasteiger partial charge < -0.3 is 10.4 Å². The molecule has 2 rings (SSSR count). The van der Waals surface area contributed by atoms with E-state index in [-0.39, 0.29) is 24.9 Å². The first-order valence-corrected chi connectivity index (χ1v) is 6.35. The molecule has 1 aromatic heterocycles. The molecule has 0 saturated carbocycles. The number of rotatable bonds is 3. The van der Waals surface area contributed by atoms with E-state index in [2.05, 4.69) is 10.3 Å². The van der Waals surface area contributed by atoms with Crippen molar-refractivity contribution >= 4 is 24.4 Å². The number of hydrogen-bond donors (Lipinski definition) is 2. The number of benzene rings is 1. The lowest BCUT2D eigenvalue weighted by Gasteiger charge is -2.22. The summed E-state index contributed by atoms with van der Waals surface area (Å²) < 4.78 is 13.6. The van der Waals surface area contributed by atoms with Crippen molar-refractivity contribution in [1.82, 2.24) is 10.3 Å². The molecule has 3 nitrogen and oxygen atoms in total. The molecular weight excluding hydrogens is 275 g/mol. The van der Waals surface area contributed by atoms with Gasteiger partial charge in [0.15, 0.2) is 0 Å². The van der Waals surface area contributed by atoms with E-state index in [0.29, 0.717) is 17.8 Å². The summed E-state index contributed by atoms with van der Waals surface area (Å²) in [6, 6.07) is 8.34. The van der Waals surface area contributed by atoms with Gasteiger partial charge in [-0.05, 0) is 32.9 Å². The number of pyridine rings is 1. The number of β-amino-alcohol motifs (C(OH)–C–C–N with tert-alkyl or cyclic N) is 1. The molecule has 0 aliphatic rings. The lowest BCUT2D eigenvalue weighted by Crippen LogP contribution is -2.38. The molecule has 110 valence electrons. The molecule has 0 radical (unpaired) electrons. The molecule has 20 heavy (non-hydrogen) atoms. The van der Waals surface area contributed by atoms with Crippen LogP contribution in [0.4, 0.5) is 4.39 Å². The minimum absolute atomic E-state index is 0. The number of fused-ring (bicyclic) bond motifs is 1. The molecular formula is C15H21FN2OS. The second-order valence-corrected chi connectivity index (χ2v) is 5.69. The largest absolute Gasteiger partial charge is 0.385 e. The van der Waals surface area contributed by atoms with Gasteiger partial charge in [0.2, 0.25) is 0 Å². The van der Waals surface area contributed by atoms with Crippen molar-refractivity contribution in [3.63, 3.8) is 0 Å². The first kappa shape index (κ1) is 16.9. The highest BCUT2D eigenvalue weighted by molar-refractivity contribution is 7.59. The van der Waals surface area contributed by atoms with Gasteiger partial charge in [0.1, 0.15) is 17.4 Å². The minimum atomic E-state index is -0.747. The number of aliphatic hydroxyl groups is 1. The Morgan fingerprint density at radius 2 is 1.95 bits per heavy atom. The summed E-state index contributed by atoms with van der Waals surface area (Å²) in [6.45, 7) is 6.45. The molecule has 2 N–H and O–H groups in total. The highest BCUT2D eigenvalue weighted by atomic mass is 32.1. The summed E-state index contributed by atoms with van der Waals surface area (Å²) in [5, 5.41) is 14.0. The minimum Gasteiger partial charge on any atom is -0.385 e. The van der Waals surface area contributed by atoms with Gasteiger partial charge in [-0.15, -0.1) is 0 Å². The predicted molar refractivity (Wildman–Crippen MR) is 84.8 cm³/mol. The Labute approximate surface area is 125 Å². The van der Waals surface area contributed by atoms with E-state index in [9.17, 15) is 9.50 Å². The van der Waals surface area contributed by atoms with Crippen LogP contribution in [0.3, 0.4) is 0 Å². The van der Waals surface area contributed by atoms with Crippen LogP contribution in [-0.2, 0) is 0 Å². The van der Waals surface area contributed by atoms with Crippen LogP contribution in [0, 0.1) is 5.82 Å². The van der Waals surface area contributed by atoms with Gasteiger partial charge in [0, 0.05) is 17.5 Å². The fraction of sp³-hybridized carbons (Fsp3) is 0.400. The third-order valence-corrected chi connectivity index (χ3v) is 2.86. The Kier molecular flexibility index (Phi) is 5.50. The number of hydrogen-bond acceptors (Lipinski definition) is 3. The van der Waals surface area contributed by atoms with Crippen molar-refractivity contribution in [1.29, 1.82) is 0 Å². The Morgan fingerprint density at radius 1 is 1.25 bits per heavy atom. The van der Waals surface area contributed by atoms with Gasteiger partial charge in [-0.2, -0.15) is 13.5 Å². The van der Waals surface area contributed by atoms with Crippen molar-refractivity contribution in [2.24, 2.45) is 0 Å². The quantitative estimate of drug-likeness (QED) is 0.915. The number of para-hydroxylation sites is 1. The zero-order chi connectivity index (χ0) is 14.0. The standard InChI is InChI=1S/C15H19FN2O.H2S/c1-15(2,3)17-9-13(19)12-8-7-10-5-4-6-11(16)14(10)18-12;/h4-8,13,17,19H,9H2,1-3H3;1H2/t13-;/m0./s1. The van der Waals surface area contributed by atoms with Crippen LogP contribution in [0.15, 0.2) is 30.3 Å². The number of nitrogens with one attached hydrogen (secondary N) is 1. The molecule has 0 aliphatic carbocycles. The Bertz CT molecular complexity index is 584. The van der Waals surface area contributed by atoms with Crippen LogP contribution in [-0.4, -0.2) is 22.2 Å². The number of nitrogens with zero attached hydrogens (tertiary/aromatic N) is 1. The molecule has 0 saturated heterocycles. The van der Waals surface area contributed by atoms with Crippen LogP contribution in [0.5, 0.6) is 0 Å². The average Bonchev–Trinajstić information content (AvgIpc) is 2.35. The van der Waals surface area contributed by atoms with Gasteiger partial charge in [0.25, 0.3) is 0 Å². The fourth-order valence-electron chi connectivity index (χ4n) is 1.82. The van der Waals surface area contributed by atoms with E-state index in [1.54, 1.807) is 24.3 Å². The van der Waals surface area contributed by atoms with Crippen LogP contribution in [0.25, 0.3) is 10.9 Å². The second-order valence-electron chi connectivity index (χ2n) is 5.69. The molecule has 0 aliphatic heterocycles. The highest BCUT2D eigenvalue weighted by Gasteiger charge is 2.15. The van der Waals surface area contributed by atoms with E-state index in [1.807, 2.05) is 20.8 Å². The zero-order valence-corrected chi connectivity index (χ0v) is 12.9. The van der Waals surface area contributed by atoms with E-state index >= 15 is 0 Å². The maximum absolute atomic E-state index is 13.6. The van der Waals surface area contributed by atoms with Crippen LogP contribution in [0.1, 0.15) is 32.6 Å². The predicted octanol–water partition coefficient (Wildman–Crippen LogP) is 2.91.